The molecule has 0 aliphatic carbocycles. The van der Waals surface area contributed by atoms with Crippen LogP contribution in [0.4, 0.5) is 27.6 Å². The first kappa shape index (κ1) is 16.0. The predicted molar refractivity (Wildman–Crippen MR) is 64.9 cm³/mol. The van der Waals surface area contributed by atoms with E-state index in [2.05, 4.69) is 4.18 Å². The molecule has 0 heterocycles. The molecule has 0 saturated heterocycles. The number of hydrogen-bond donors (Lipinski definition) is 1. The van der Waals surface area contributed by atoms with Crippen LogP contribution in [0.3, 0.4) is 0 Å². The van der Waals surface area contributed by atoms with E-state index in [1.807, 2.05) is 0 Å². The first-order valence-corrected chi connectivity index (χ1v) is 6.87. The van der Waals surface area contributed by atoms with E-state index in [-0.39, 0.29) is 5.69 Å². The molecule has 0 aromatic heterocycles. The summed E-state index contributed by atoms with van der Waals surface area (Å²) in [6.07, 6.45) is 0. The molecule has 0 saturated carbocycles. The van der Waals surface area contributed by atoms with Crippen LogP contribution in [0.2, 0.25) is 0 Å². The van der Waals surface area contributed by atoms with Gasteiger partial charge < -0.3 is 9.92 Å². The summed E-state index contributed by atoms with van der Waals surface area (Å²) < 4.78 is 93.2. The summed E-state index contributed by atoms with van der Waals surface area (Å²) >= 11 is 0. The molecule has 2 aromatic carbocycles. The minimum Gasteiger partial charge on any atom is -0.399 e. The lowest BCUT2D eigenvalue weighted by molar-refractivity contribution is 0.346. The molecule has 0 fully saturated rings. The van der Waals surface area contributed by atoms with Crippen molar-refractivity contribution in [3.63, 3.8) is 0 Å². The van der Waals surface area contributed by atoms with Crippen molar-refractivity contribution in [2.24, 2.45) is 0 Å². The molecule has 118 valence electrons. The zero-order valence-electron chi connectivity index (χ0n) is 10.4. The highest BCUT2D eigenvalue weighted by atomic mass is 32.2. The Balaban J connectivity index is 2.53. The Morgan fingerprint density at radius 3 is 1.64 bits per heavy atom. The molecule has 0 atom stereocenters. The van der Waals surface area contributed by atoms with Crippen molar-refractivity contribution in [2.75, 3.05) is 5.73 Å². The van der Waals surface area contributed by atoms with Crippen molar-refractivity contribution in [3.05, 3.63) is 53.4 Å². The molecule has 10 heteroatoms. The third-order valence-corrected chi connectivity index (χ3v) is 3.77. The third-order valence-electron chi connectivity index (χ3n) is 2.53. The van der Waals surface area contributed by atoms with Crippen LogP contribution >= 0.6 is 0 Å². The monoisotopic (exact) mass is 339 g/mol. The average Bonchev–Trinajstić information content (AvgIpc) is 2.48. The Labute approximate surface area is 121 Å². The average molecular weight is 339 g/mol. The fourth-order valence-electron chi connectivity index (χ4n) is 1.45. The van der Waals surface area contributed by atoms with Gasteiger partial charge in [-0.3, -0.25) is 0 Å². The van der Waals surface area contributed by atoms with E-state index in [1.54, 1.807) is 0 Å². The van der Waals surface area contributed by atoms with Crippen LogP contribution in [-0.4, -0.2) is 8.42 Å². The largest absolute Gasteiger partial charge is 0.399 e. The van der Waals surface area contributed by atoms with Gasteiger partial charge in [-0.2, -0.15) is 17.2 Å². The third kappa shape index (κ3) is 2.69. The molecule has 0 aliphatic rings. The highest BCUT2D eigenvalue weighted by Crippen LogP contribution is 2.31. The molecule has 0 unspecified atom stereocenters. The van der Waals surface area contributed by atoms with Crippen molar-refractivity contribution in [3.8, 4) is 5.75 Å². The van der Waals surface area contributed by atoms with Crippen molar-refractivity contribution < 1.29 is 34.6 Å². The molecule has 0 radical (unpaired) electrons. The van der Waals surface area contributed by atoms with Gasteiger partial charge in [0.1, 0.15) is 4.90 Å². The number of hydrogen-bond acceptors (Lipinski definition) is 4. The fourth-order valence-corrected chi connectivity index (χ4v) is 2.38. The van der Waals surface area contributed by atoms with Gasteiger partial charge in [0.2, 0.25) is 34.8 Å². The Morgan fingerprint density at radius 1 is 0.773 bits per heavy atom. The molecule has 0 bridgehead atoms. The number of rotatable bonds is 3. The van der Waals surface area contributed by atoms with Crippen LogP contribution in [0.5, 0.6) is 5.75 Å². The molecule has 2 N–H and O–H groups in total. The van der Waals surface area contributed by atoms with E-state index in [0.717, 1.165) is 24.3 Å². The maximum absolute atomic E-state index is 13.4. The number of halogens is 5. The van der Waals surface area contributed by atoms with E-state index in [0.29, 0.717) is 0 Å². The lowest BCUT2D eigenvalue weighted by Gasteiger charge is -2.10. The Morgan fingerprint density at radius 2 is 1.18 bits per heavy atom. The topological polar surface area (TPSA) is 69.4 Å². The molecule has 4 nitrogen and oxygen atoms in total. The minimum atomic E-state index is -4.81. The van der Waals surface area contributed by atoms with E-state index >= 15 is 0 Å². The number of nitrogen functional groups attached to an aromatic ring is 1. The molecule has 2 rings (SSSR count). The van der Waals surface area contributed by atoms with Gasteiger partial charge in [0.25, 0.3) is 0 Å². The highest BCUT2D eigenvalue weighted by molar-refractivity contribution is 7.87. The van der Waals surface area contributed by atoms with E-state index < -0.39 is 49.8 Å². The lowest BCUT2D eigenvalue weighted by atomic mass is 10.3. The fraction of sp³-hybridized carbons (Fsp3) is 0. The van der Waals surface area contributed by atoms with Gasteiger partial charge in [0, 0.05) is 5.69 Å². The normalized spacial score (nSPS) is 11.5. The summed E-state index contributed by atoms with van der Waals surface area (Å²) in [5.74, 6) is -13.8. The molecular formula is C12H6F5NO3S. The second-order valence-corrected chi connectivity index (χ2v) is 5.55. The molecule has 0 aliphatic heterocycles. The predicted octanol–water partition coefficient (Wildman–Crippen LogP) is 2.73. The maximum Gasteiger partial charge on any atom is 0.339 e. The summed E-state index contributed by atoms with van der Waals surface area (Å²) in [6.45, 7) is 0. The van der Waals surface area contributed by atoms with Gasteiger partial charge in [-0.1, -0.05) is 0 Å². The zero-order valence-corrected chi connectivity index (χ0v) is 11.2. The first-order chi connectivity index (χ1) is 10.1. The van der Waals surface area contributed by atoms with E-state index in [1.165, 1.54) is 0 Å². The van der Waals surface area contributed by atoms with Crippen LogP contribution in [0.1, 0.15) is 0 Å². The van der Waals surface area contributed by atoms with E-state index in [4.69, 9.17) is 5.73 Å². The van der Waals surface area contributed by atoms with Crippen molar-refractivity contribution in [1.82, 2.24) is 0 Å². The number of anilines is 1. The number of nitrogens with two attached hydrogens (primary N) is 1. The molecule has 2 aromatic rings. The van der Waals surface area contributed by atoms with Gasteiger partial charge in [-0.15, -0.1) is 0 Å². The van der Waals surface area contributed by atoms with E-state index in [9.17, 15) is 30.4 Å². The highest BCUT2D eigenvalue weighted by Gasteiger charge is 2.30. The summed E-state index contributed by atoms with van der Waals surface area (Å²) in [7, 11) is -4.81. The molecule has 0 amide bonds. The second-order valence-electron chi connectivity index (χ2n) is 4.01. The minimum absolute atomic E-state index is 0.190. The standard InChI is InChI=1S/C12H6F5NO3S/c13-7-8(14)10(16)12(11(17)9(7)15)21-22(19,20)6-3-1-5(18)2-4-6/h1-4H,18H2. The smallest absolute Gasteiger partial charge is 0.339 e. The van der Waals surface area contributed by atoms with Gasteiger partial charge >= 0.3 is 10.1 Å². The van der Waals surface area contributed by atoms with Crippen LogP contribution in [0, 0.1) is 29.1 Å². The second kappa shape index (κ2) is 5.44. The van der Waals surface area contributed by atoms with Crippen LogP contribution in [-0.2, 0) is 10.1 Å². The first-order valence-electron chi connectivity index (χ1n) is 5.46. The number of benzene rings is 2. The summed E-state index contributed by atoms with van der Waals surface area (Å²) in [6, 6.07) is 4.18. The molecule has 0 spiro atoms. The van der Waals surface area contributed by atoms with Gasteiger partial charge in [-0.25, -0.2) is 13.2 Å². The van der Waals surface area contributed by atoms with Crippen molar-refractivity contribution in [2.45, 2.75) is 4.90 Å². The molecule has 22 heavy (non-hydrogen) atoms. The van der Waals surface area contributed by atoms with Crippen molar-refractivity contribution >= 4 is 15.8 Å². The quantitative estimate of drug-likeness (QED) is 0.307. The Bertz CT molecular complexity index is 808. The van der Waals surface area contributed by atoms with Gasteiger partial charge in [0.05, 0.1) is 0 Å². The summed E-state index contributed by atoms with van der Waals surface area (Å²) in [4.78, 5) is -0.578. The zero-order chi connectivity index (χ0) is 16.7. The Hall–Kier alpha value is -2.36. The van der Waals surface area contributed by atoms with Crippen LogP contribution in [0.25, 0.3) is 0 Å². The van der Waals surface area contributed by atoms with Crippen LogP contribution in [0.15, 0.2) is 29.2 Å². The lowest BCUT2D eigenvalue weighted by Crippen LogP contribution is -2.14. The maximum atomic E-state index is 13.4. The van der Waals surface area contributed by atoms with Crippen molar-refractivity contribution in [1.29, 1.82) is 0 Å². The SMILES string of the molecule is Nc1ccc(S(=O)(=O)Oc2c(F)c(F)c(F)c(F)c2F)cc1. The van der Waals surface area contributed by atoms with Gasteiger partial charge in [0.15, 0.2) is 0 Å². The molecular weight excluding hydrogens is 333 g/mol. The summed E-state index contributed by atoms with van der Waals surface area (Å²) in [5.41, 5.74) is 5.52. The van der Waals surface area contributed by atoms with Crippen LogP contribution < -0.4 is 9.92 Å². The Kier molecular flexibility index (Phi) is 3.96. The summed E-state index contributed by atoms with van der Waals surface area (Å²) in [5, 5.41) is 0. The van der Waals surface area contributed by atoms with Gasteiger partial charge in [-0.05, 0) is 24.3 Å².